The van der Waals surface area contributed by atoms with Crippen LogP contribution in [-0.2, 0) is 13.1 Å². The molecule has 0 aromatic heterocycles. The van der Waals surface area contributed by atoms with Gasteiger partial charge in [0.25, 0.3) is 5.91 Å². The van der Waals surface area contributed by atoms with E-state index in [0.717, 1.165) is 6.07 Å². The molecule has 4 nitrogen and oxygen atoms in total. The van der Waals surface area contributed by atoms with Crippen molar-refractivity contribution in [3.05, 3.63) is 64.7 Å². The number of amides is 1. The number of benzene rings is 2. The molecule has 2 N–H and O–H groups in total. The number of nitrogens with one attached hydrogen (secondary N) is 1. The molecule has 1 amide bonds. The summed E-state index contributed by atoms with van der Waals surface area (Å²) in [5.41, 5.74) is 0.972. The highest BCUT2D eigenvalue weighted by Crippen LogP contribution is 2.16. The van der Waals surface area contributed by atoms with Crippen molar-refractivity contribution in [1.29, 1.82) is 0 Å². The molecule has 0 unspecified atom stereocenters. The van der Waals surface area contributed by atoms with Crippen molar-refractivity contribution in [2.75, 3.05) is 14.1 Å². The topological polar surface area (TPSA) is 52.6 Å². The number of phenolic OH excluding ortho intramolecular Hbond substituents is 1. The Hall–Kier alpha value is -2.47. The molecule has 0 aliphatic carbocycles. The third kappa shape index (κ3) is 4.50. The van der Waals surface area contributed by atoms with Crippen LogP contribution in [0.3, 0.4) is 0 Å². The number of carbonyl (C=O) groups is 1. The molecule has 0 spiro atoms. The standard InChI is InChI=1S/C17H18F2N2O2/c1-21(2)10-12-4-3-11(7-15(12)18)9-20-17(23)14-6-5-13(22)8-16(14)19/h3-8,22H,9-10H2,1-2H3,(H,20,23). The summed E-state index contributed by atoms with van der Waals surface area (Å²) < 4.78 is 27.5. The van der Waals surface area contributed by atoms with E-state index in [9.17, 15) is 13.6 Å². The van der Waals surface area contributed by atoms with Crippen LogP contribution in [0.4, 0.5) is 8.78 Å². The summed E-state index contributed by atoms with van der Waals surface area (Å²) in [6.45, 7) is 0.565. The van der Waals surface area contributed by atoms with Gasteiger partial charge >= 0.3 is 0 Å². The number of aromatic hydroxyl groups is 1. The van der Waals surface area contributed by atoms with Gasteiger partial charge in [-0.15, -0.1) is 0 Å². The van der Waals surface area contributed by atoms with E-state index in [1.807, 2.05) is 19.0 Å². The molecule has 0 heterocycles. The van der Waals surface area contributed by atoms with E-state index in [2.05, 4.69) is 5.32 Å². The molecule has 2 aromatic carbocycles. The minimum Gasteiger partial charge on any atom is -0.508 e. The largest absolute Gasteiger partial charge is 0.508 e. The summed E-state index contributed by atoms with van der Waals surface area (Å²) in [7, 11) is 3.69. The smallest absolute Gasteiger partial charge is 0.254 e. The van der Waals surface area contributed by atoms with Gasteiger partial charge in [-0.25, -0.2) is 8.78 Å². The summed E-state index contributed by atoms with van der Waals surface area (Å²) >= 11 is 0. The van der Waals surface area contributed by atoms with Gasteiger partial charge < -0.3 is 15.3 Å². The molecule has 0 saturated carbocycles. The number of carbonyl (C=O) groups excluding carboxylic acids is 1. The molecule has 0 bridgehead atoms. The average molecular weight is 320 g/mol. The number of nitrogens with zero attached hydrogens (tertiary/aromatic N) is 1. The predicted octanol–water partition coefficient (Wildman–Crippen LogP) is 2.66. The lowest BCUT2D eigenvalue weighted by molar-refractivity contribution is 0.0947. The van der Waals surface area contributed by atoms with Gasteiger partial charge in [0.1, 0.15) is 17.4 Å². The van der Waals surface area contributed by atoms with Crippen LogP contribution >= 0.6 is 0 Å². The lowest BCUT2D eigenvalue weighted by Crippen LogP contribution is -2.24. The first-order chi connectivity index (χ1) is 10.9. The normalized spacial score (nSPS) is 10.8. The Labute approximate surface area is 133 Å². The fourth-order valence-electron chi connectivity index (χ4n) is 2.14. The van der Waals surface area contributed by atoms with E-state index < -0.39 is 11.7 Å². The molecule has 6 heteroatoms. The number of rotatable bonds is 5. The van der Waals surface area contributed by atoms with E-state index >= 15 is 0 Å². The van der Waals surface area contributed by atoms with Crippen molar-refractivity contribution in [3.8, 4) is 5.75 Å². The lowest BCUT2D eigenvalue weighted by Gasteiger charge is -2.12. The Bertz CT molecular complexity index is 718. The van der Waals surface area contributed by atoms with Crippen molar-refractivity contribution in [2.45, 2.75) is 13.1 Å². The van der Waals surface area contributed by atoms with Crippen LogP contribution in [0, 0.1) is 11.6 Å². The molecule has 23 heavy (non-hydrogen) atoms. The molecule has 0 aliphatic heterocycles. The highest BCUT2D eigenvalue weighted by molar-refractivity contribution is 5.94. The summed E-state index contributed by atoms with van der Waals surface area (Å²) in [5, 5.41) is 11.7. The second kappa shape index (κ2) is 7.19. The fourth-order valence-corrected chi connectivity index (χ4v) is 2.14. The third-order valence-electron chi connectivity index (χ3n) is 3.25. The van der Waals surface area contributed by atoms with Crippen LogP contribution in [-0.4, -0.2) is 30.0 Å². The van der Waals surface area contributed by atoms with Gasteiger partial charge in [-0.1, -0.05) is 12.1 Å². The van der Waals surface area contributed by atoms with E-state index in [1.54, 1.807) is 12.1 Å². The van der Waals surface area contributed by atoms with E-state index in [-0.39, 0.29) is 23.7 Å². The second-order valence-corrected chi connectivity index (χ2v) is 5.51. The Kier molecular flexibility index (Phi) is 5.28. The quantitative estimate of drug-likeness (QED) is 0.890. The first-order valence-corrected chi connectivity index (χ1v) is 7.05. The zero-order valence-corrected chi connectivity index (χ0v) is 12.9. The predicted molar refractivity (Wildman–Crippen MR) is 83.0 cm³/mol. The minimum absolute atomic E-state index is 0.0817. The molecule has 2 rings (SSSR count). The van der Waals surface area contributed by atoms with Crippen molar-refractivity contribution >= 4 is 5.91 Å². The van der Waals surface area contributed by atoms with E-state index in [0.29, 0.717) is 17.7 Å². The zero-order chi connectivity index (χ0) is 17.0. The Morgan fingerprint density at radius 1 is 1.13 bits per heavy atom. The maximum absolute atomic E-state index is 13.9. The number of phenols is 1. The van der Waals surface area contributed by atoms with Crippen LogP contribution < -0.4 is 5.32 Å². The molecule has 0 atom stereocenters. The monoisotopic (exact) mass is 320 g/mol. The number of hydrogen-bond acceptors (Lipinski definition) is 3. The van der Waals surface area contributed by atoms with Crippen LogP contribution in [0.15, 0.2) is 36.4 Å². The van der Waals surface area contributed by atoms with Crippen LogP contribution in [0.25, 0.3) is 0 Å². The molecule has 122 valence electrons. The van der Waals surface area contributed by atoms with Gasteiger partial charge in [0.15, 0.2) is 0 Å². The summed E-state index contributed by atoms with van der Waals surface area (Å²) in [5.74, 6) is -2.03. The van der Waals surface area contributed by atoms with E-state index in [4.69, 9.17) is 5.11 Å². The summed E-state index contributed by atoms with van der Waals surface area (Å²) in [6, 6.07) is 8.03. The van der Waals surface area contributed by atoms with Crippen molar-refractivity contribution < 1.29 is 18.7 Å². The molecule has 0 radical (unpaired) electrons. The third-order valence-corrected chi connectivity index (χ3v) is 3.25. The maximum atomic E-state index is 13.9. The lowest BCUT2D eigenvalue weighted by atomic mass is 10.1. The summed E-state index contributed by atoms with van der Waals surface area (Å²) in [6.07, 6.45) is 0. The summed E-state index contributed by atoms with van der Waals surface area (Å²) in [4.78, 5) is 13.8. The highest BCUT2D eigenvalue weighted by Gasteiger charge is 2.12. The van der Waals surface area contributed by atoms with E-state index in [1.165, 1.54) is 18.2 Å². The van der Waals surface area contributed by atoms with Gasteiger partial charge in [-0.2, -0.15) is 0 Å². The molecule has 2 aromatic rings. The Morgan fingerprint density at radius 2 is 1.87 bits per heavy atom. The molecular formula is C17H18F2N2O2. The van der Waals surface area contributed by atoms with Crippen molar-refractivity contribution in [3.63, 3.8) is 0 Å². The number of halogens is 2. The van der Waals surface area contributed by atoms with Crippen LogP contribution in [0.5, 0.6) is 5.75 Å². The Morgan fingerprint density at radius 3 is 2.48 bits per heavy atom. The SMILES string of the molecule is CN(C)Cc1ccc(CNC(=O)c2ccc(O)cc2F)cc1F. The van der Waals surface area contributed by atoms with Gasteiger partial charge in [0.05, 0.1) is 5.56 Å². The van der Waals surface area contributed by atoms with Crippen LogP contribution in [0.1, 0.15) is 21.5 Å². The molecular weight excluding hydrogens is 302 g/mol. The molecule has 0 aliphatic rings. The van der Waals surface area contributed by atoms with Crippen LogP contribution in [0.2, 0.25) is 0 Å². The Balaban J connectivity index is 2.03. The van der Waals surface area contributed by atoms with Gasteiger partial charge in [0.2, 0.25) is 0 Å². The zero-order valence-electron chi connectivity index (χ0n) is 12.9. The maximum Gasteiger partial charge on any atom is 0.254 e. The fraction of sp³-hybridized carbons (Fsp3) is 0.235. The van der Waals surface area contributed by atoms with Gasteiger partial charge in [-0.3, -0.25) is 4.79 Å². The number of hydrogen-bond donors (Lipinski definition) is 2. The first-order valence-electron chi connectivity index (χ1n) is 7.05. The second-order valence-electron chi connectivity index (χ2n) is 5.51. The van der Waals surface area contributed by atoms with Gasteiger partial charge in [-0.05, 0) is 37.9 Å². The van der Waals surface area contributed by atoms with Crippen molar-refractivity contribution in [2.24, 2.45) is 0 Å². The molecule has 0 fully saturated rings. The van der Waals surface area contributed by atoms with Crippen molar-refractivity contribution in [1.82, 2.24) is 10.2 Å². The molecule has 0 saturated heterocycles. The van der Waals surface area contributed by atoms with Gasteiger partial charge in [0, 0.05) is 24.7 Å². The minimum atomic E-state index is -0.810. The average Bonchev–Trinajstić information content (AvgIpc) is 2.47. The highest BCUT2D eigenvalue weighted by atomic mass is 19.1. The first kappa shape index (κ1) is 16.9.